The Morgan fingerprint density at radius 3 is 2.57 bits per heavy atom. The van der Waals surface area contributed by atoms with Gasteiger partial charge in [-0.25, -0.2) is 4.79 Å². The van der Waals surface area contributed by atoms with E-state index in [9.17, 15) is 14.7 Å². The van der Waals surface area contributed by atoms with Crippen LogP contribution in [-0.2, 0) is 17.9 Å². The second kappa shape index (κ2) is 10.3. The van der Waals surface area contributed by atoms with E-state index in [1.54, 1.807) is 18.2 Å². The van der Waals surface area contributed by atoms with Crippen LogP contribution in [-0.4, -0.2) is 41.6 Å². The highest BCUT2D eigenvalue weighted by atomic mass is 16.5. The van der Waals surface area contributed by atoms with E-state index >= 15 is 0 Å². The molecule has 6 nitrogen and oxygen atoms in total. The Labute approximate surface area is 177 Å². The normalized spacial score (nSPS) is 16.3. The number of hydrogen-bond donors (Lipinski definition) is 2. The molecule has 1 aliphatic heterocycles. The molecule has 160 valence electrons. The number of carboxylic acids is 1. The van der Waals surface area contributed by atoms with E-state index in [0.717, 1.165) is 30.4 Å². The van der Waals surface area contributed by atoms with Gasteiger partial charge in [0.05, 0.1) is 18.7 Å². The van der Waals surface area contributed by atoms with Gasteiger partial charge in [-0.3, -0.25) is 9.69 Å². The lowest BCUT2D eigenvalue weighted by Crippen LogP contribution is -2.37. The molecule has 1 amide bonds. The number of carbonyl (C=O) groups is 2. The quantitative estimate of drug-likeness (QED) is 0.807. The van der Waals surface area contributed by atoms with Gasteiger partial charge in [-0.15, -0.1) is 0 Å². The molecule has 0 fully saturated rings. The topological polar surface area (TPSA) is 78.9 Å². The van der Waals surface area contributed by atoms with Crippen molar-refractivity contribution in [3.05, 3.63) is 64.2 Å². The summed E-state index contributed by atoms with van der Waals surface area (Å²) < 4.78 is 5.96. The van der Waals surface area contributed by atoms with Crippen molar-refractivity contribution in [3.63, 3.8) is 0 Å². The monoisotopic (exact) mass is 410 g/mol. The number of carbonyl (C=O) groups excluding carboxylic acids is 1. The summed E-state index contributed by atoms with van der Waals surface area (Å²) in [5.74, 6) is -0.390. The van der Waals surface area contributed by atoms with Gasteiger partial charge >= 0.3 is 5.97 Å². The highest BCUT2D eigenvalue weighted by molar-refractivity contribution is 5.88. The van der Waals surface area contributed by atoms with Gasteiger partial charge in [0.25, 0.3) is 0 Å². The second-order valence-corrected chi connectivity index (χ2v) is 8.03. The van der Waals surface area contributed by atoms with Crippen molar-refractivity contribution in [1.29, 1.82) is 0 Å². The number of fused-ring (bicyclic) bond motifs is 1. The zero-order valence-corrected chi connectivity index (χ0v) is 17.7. The average Bonchev–Trinajstić information content (AvgIpc) is 2.68. The molecule has 2 aromatic rings. The summed E-state index contributed by atoms with van der Waals surface area (Å²) >= 11 is 0. The van der Waals surface area contributed by atoms with Crippen LogP contribution in [0.5, 0.6) is 5.75 Å². The second-order valence-electron chi connectivity index (χ2n) is 8.03. The molecule has 0 saturated carbocycles. The van der Waals surface area contributed by atoms with Crippen molar-refractivity contribution in [2.24, 2.45) is 0 Å². The fraction of sp³-hybridized carbons (Fsp3) is 0.417. The molecule has 0 aliphatic carbocycles. The summed E-state index contributed by atoms with van der Waals surface area (Å²) in [6.07, 6.45) is 2.70. The molecule has 1 heterocycles. The number of nitrogens with zero attached hydrogens (tertiary/aromatic N) is 1. The Kier molecular flexibility index (Phi) is 7.46. The standard InChI is InChI=1S/C24H30N2O4/c1-17-10-18(2)12-19(11-17)14-26-15-21-7-6-20(24(28)29)13-22(21)30-9-5-3-4-8-25-23(27)16-26/h6-7,10-13H,3-5,8-9,14-16H2,1-2H3,(H,25,27)(H,28,29). The van der Waals surface area contributed by atoms with Gasteiger partial charge < -0.3 is 15.2 Å². The van der Waals surface area contributed by atoms with Crippen LogP contribution in [0.3, 0.4) is 0 Å². The van der Waals surface area contributed by atoms with Crippen LogP contribution in [0.4, 0.5) is 0 Å². The van der Waals surface area contributed by atoms with Crippen LogP contribution in [0.15, 0.2) is 36.4 Å². The fourth-order valence-electron chi connectivity index (χ4n) is 3.85. The largest absolute Gasteiger partial charge is 0.493 e. The van der Waals surface area contributed by atoms with Gasteiger partial charge in [0.1, 0.15) is 5.75 Å². The number of amides is 1. The first-order chi connectivity index (χ1) is 14.4. The first-order valence-electron chi connectivity index (χ1n) is 10.5. The summed E-state index contributed by atoms with van der Waals surface area (Å²) in [5.41, 5.74) is 4.62. The minimum absolute atomic E-state index is 0.00301. The molecular formula is C24H30N2O4. The number of rotatable bonds is 3. The third-order valence-electron chi connectivity index (χ3n) is 5.16. The van der Waals surface area contributed by atoms with Crippen LogP contribution >= 0.6 is 0 Å². The highest BCUT2D eigenvalue weighted by Gasteiger charge is 2.17. The maximum absolute atomic E-state index is 12.5. The Morgan fingerprint density at radius 2 is 1.83 bits per heavy atom. The van der Waals surface area contributed by atoms with E-state index in [1.165, 1.54) is 11.1 Å². The minimum Gasteiger partial charge on any atom is -0.493 e. The Hall–Kier alpha value is -2.86. The minimum atomic E-state index is -0.976. The van der Waals surface area contributed by atoms with E-state index in [2.05, 4.69) is 42.3 Å². The molecule has 1 aliphatic rings. The Bertz CT molecular complexity index is 890. The molecule has 0 radical (unpaired) electrons. The Morgan fingerprint density at radius 1 is 1.07 bits per heavy atom. The van der Waals surface area contributed by atoms with Crippen LogP contribution < -0.4 is 10.1 Å². The number of aromatic carboxylic acids is 1. The maximum atomic E-state index is 12.5. The first kappa shape index (κ1) is 21.8. The molecule has 30 heavy (non-hydrogen) atoms. The van der Waals surface area contributed by atoms with Crippen LogP contribution in [0.25, 0.3) is 0 Å². The van der Waals surface area contributed by atoms with E-state index in [-0.39, 0.29) is 18.0 Å². The van der Waals surface area contributed by atoms with E-state index in [0.29, 0.717) is 32.0 Å². The summed E-state index contributed by atoms with van der Waals surface area (Å²) in [4.78, 5) is 26.0. The molecule has 0 aromatic heterocycles. The predicted molar refractivity (Wildman–Crippen MR) is 116 cm³/mol. The molecule has 2 N–H and O–H groups in total. The maximum Gasteiger partial charge on any atom is 0.335 e. The summed E-state index contributed by atoms with van der Waals surface area (Å²) in [6.45, 7) is 6.71. The summed E-state index contributed by atoms with van der Waals surface area (Å²) in [7, 11) is 0. The van der Waals surface area contributed by atoms with Crippen molar-refractivity contribution in [3.8, 4) is 5.75 Å². The van der Waals surface area contributed by atoms with Crippen molar-refractivity contribution in [2.75, 3.05) is 19.7 Å². The third-order valence-corrected chi connectivity index (χ3v) is 5.16. The lowest BCUT2D eigenvalue weighted by atomic mass is 10.1. The molecule has 0 saturated heterocycles. The van der Waals surface area contributed by atoms with Gasteiger partial charge in [-0.05, 0) is 50.8 Å². The van der Waals surface area contributed by atoms with Crippen molar-refractivity contribution in [1.82, 2.24) is 10.2 Å². The molecule has 0 unspecified atom stereocenters. The molecule has 0 spiro atoms. The predicted octanol–water partition coefficient (Wildman–Crippen LogP) is 3.68. The van der Waals surface area contributed by atoms with Gasteiger partial charge in [-0.1, -0.05) is 35.4 Å². The number of carboxylic acid groups (broad SMARTS) is 1. The van der Waals surface area contributed by atoms with Gasteiger partial charge in [0.2, 0.25) is 5.91 Å². The van der Waals surface area contributed by atoms with Crippen LogP contribution in [0.2, 0.25) is 0 Å². The average molecular weight is 411 g/mol. The summed E-state index contributed by atoms with van der Waals surface area (Å²) in [5, 5.41) is 12.4. The van der Waals surface area contributed by atoms with Gasteiger partial charge in [0, 0.05) is 25.2 Å². The molecule has 3 rings (SSSR count). The SMILES string of the molecule is Cc1cc(C)cc(CN2CC(=O)NCCCCCOc3cc(C(=O)O)ccc3C2)c1. The summed E-state index contributed by atoms with van der Waals surface area (Å²) in [6, 6.07) is 11.4. The van der Waals surface area contributed by atoms with Crippen LogP contribution in [0.1, 0.15) is 51.9 Å². The zero-order chi connectivity index (χ0) is 21.5. The van der Waals surface area contributed by atoms with Crippen molar-refractivity contribution < 1.29 is 19.4 Å². The van der Waals surface area contributed by atoms with Crippen molar-refractivity contribution >= 4 is 11.9 Å². The Balaban J connectivity index is 1.90. The highest BCUT2D eigenvalue weighted by Crippen LogP contribution is 2.24. The molecular weight excluding hydrogens is 380 g/mol. The van der Waals surface area contributed by atoms with Crippen LogP contribution in [0, 0.1) is 13.8 Å². The lowest BCUT2D eigenvalue weighted by Gasteiger charge is -2.24. The third kappa shape index (κ3) is 6.32. The number of hydrogen-bond acceptors (Lipinski definition) is 4. The first-order valence-corrected chi connectivity index (χ1v) is 10.5. The lowest BCUT2D eigenvalue weighted by molar-refractivity contribution is -0.122. The number of aryl methyl sites for hydroxylation is 2. The zero-order valence-electron chi connectivity index (χ0n) is 17.7. The van der Waals surface area contributed by atoms with Gasteiger partial charge in [0.15, 0.2) is 0 Å². The molecule has 0 atom stereocenters. The van der Waals surface area contributed by atoms with E-state index < -0.39 is 5.97 Å². The van der Waals surface area contributed by atoms with E-state index in [4.69, 9.17) is 4.74 Å². The number of nitrogens with one attached hydrogen (secondary N) is 1. The number of benzene rings is 2. The molecule has 2 aromatic carbocycles. The number of ether oxygens (including phenoxy) is 1. The molecule has 6 heteroatoms. The van der Waals surface area contributed by atoms with Gasteiger partial charge in [-0.2, -0.15) is 0 Å². The smallest absolute Gasteiger partial charge is 0.335 e. The van der Waals surface area contributed by atoms with Crippen molar-refractivity contribution in [2.45, 2.75) is 46.2 Å². The fourth-order valence-corrected chi connectivity index (χ4v) is 3.85. The van der Waals surface area contributed by atoms with E-state index in [1.807, 2.05) is 0 Å². The molecule has 0 bridgehead atoms.